The SMILES string of the molecule is C=CCNC(=O)[C@@H](O)[C@H](NCC=C)C(=O)NCC=C. The van der Waals surface area contributed by atoms with E-state index in [-0.39, 0.29) is 19.6 Å². The summed E-state index contributed by atoms with van der Waals surface area (Å²) < 4.78 is 0. The highest BCUT2D eigenvalue weighted by Crippen LogP contribution is 1.95. The van der Waals surface area contributed by atoms with Gasteiger partial charge in [0.25, 0.3) is 5.91 Å². The lowest BCUT2D eigenvalue weighted by Gasteiger charge is -2.22. The van der Waals surface area contributed by atoms with Crippen molar-refractivity contribution in [1.29, 1.82) is 0 Å². The van der Waals surface area contributed by atoms with Crippen LogP contribution in [-0.2, 0) is 9.59 Å². The number of carbonyl (C=O) groups is 2. The first-order valence-electron chi connectivity index (χ1n) is 5.88. The third kappa shape index (κ3) is 6.54. The van der Waals surface area contributed by atoms with E-state index in [4.69, 9.17) is 0 Å². The molecule has 0 aliphatic rings. The number of rotatable bonds is 10. The van der Waals surface area contributed by atoms with Gasteiger partial charge in [-0.3, -0.25) is 14.9 Å². The van der Waals surface area contributed by atoms with Crippen LogP contribution in [0.2, 0.25) is 0 Å². The Morgan fingerprint density at radius 3 is 1.89 bits per heavy atom. The molecule has 0 radical (unpaired) electrons. The van der Waals surface area contributed by atoms with Crippen LogP contribution in [0.25, 0.3) is 0 Å². The highest BCUT2D eigenvalue weighted by molar-refractivity contribution is 5.91. The van der Waals surface area contributed by atoms with Crippen LogP contribution < -0.4 is 16.0 Å². The summed E-state index contributed by atoms with van der Waals surface area (Å²) in [5.41, 5.74) is 0. The van der Waals surface area contributed by atoms with Crippen molar-refractivity contribution < 1.29 is 14.7 Å². The second-order valence-electron chi connectivity index (χ2n) is 3.69. The summed E-state index contributed by atoms with van der Waals surface area (Å²) in [6.45, 7) is 11.2. The molecule has 4 N–H and O–H groups in total. The quantitative estimate of drug-likeness (QED) is 0.386. The van der Waals surface area contributed by atoms with Gasteiger partial charge in [-0.05, 0) is 0 Å². The summed E-state index contributed by atoms with van der Waals surface area (Å²) in [6, 6.07) is -1.05. The lowest BCUT2D eigenvalue weighted by atomic mass is 10.1. The van der Waals surface area contributed by atoms with E-state index in [1.807, 2.05) is 0 Å². The minimum Gasteiger partial charge on any atom is -0.381 e. The molecular formula is C13H21N3O3. The summed E-state index contributed by atoms with van der Waals surface area (Å²) in [5, 5.41) is 17.6. The molecule has 2 atom stereocenters. The number of hydrogen-bond donors (Lipinski definition) is 4. The largest absolute Gasteiger partial charge is 0.381 e. The monoisotopic (exact) mass is 267 g/mol. The molecule has 0 aromatic heterocycles. The number of aliphatic hydroxyl groups is 1. The number of hydrogen-bond acceptors (Lipinski definition) is 4. The molecule has 0 heterocycles. The number of nitrogens with one attached hydrogen (secondary N) is 3. The third-order valence-electron chi connectivity index (χ3n) is 2.19. The highest BCUT2D eigenvalue weighted by atomic mass is 16.3. The summed E-state index contributed by atoms with van der Waals surface area (Å²) in [5.74, 6) is -1.13. The molecule has 0 fully saturated rings. The van der Waals surface area contributed by atoms with Crippen LogP contribution in [0.5, 0.6) is 0 Å². The van der Waals surface area contributed by atoms with E-state index in [0.717, 1.165) is 0 Å². The van der Waals surface area contributed by atoms with Gasteiger partial charge in [0.05, 0.1) is 0 Å². The summed E-state index contributed by atoms with van der Waals surface area (Å²) in [4.78, 5) is 23.4. The van der Waals surface area contributed by atoms with Crippen molar-refractivity contribution in [1.82, 2.24) is 16.0 Å². The zero-order valence-corrected chi connectivity index (χ0v) is 10.9. The van der Waals surface area contributed by atoms with Crippen LogP contribution in [0.4, 0.5) is 0 Å². The number of carbonyl (C=O) groups excluding carboxylic acids is 2. The summed E-state index contributed by atoms with van der Waals surface area (Å²) in [7, 11) is 0. The average Bonchev–Trinajstić information content (AvgIpc) is 2.42. The van der Waals surface area contributed by atoms with Gasteiger partial charge in [0.1, 0.15) is 6.04 Å². The first kappa shape index (κ1) is 17.1. The molecule has 0 aliphatic heterocycles. The van der Waals surface area contributed by atoms with Crippen molar-refractivity contribution in [3.63, 3.8) is 0 Å². The van der Waals surface area contributed by atoms with E-state index in [2.05, 4.69) is 35.7 Å². The molecule has 2 amide bonds. The fourth-order valence-corrected chi connectivity index (χ4v) is 1.27. The Bertz CT molecular complexity index is 342. The van der Waals surface area contributed by atoms with E-state index in [1.54, 1.807) is 0 Å². The molecule has 0 saturated carbocycles. The Labute approximate surface area is 113 Å². The van der Waals surface area contributed by atoms with Crippen LogP contribution in [0.15, 0.2) is 38.0 Å². The molecule has 19 heavy (non-hydrogen) atoms. The van der Waals surface area contributed by atoms with Crippen molar-refractivity contribution in [3.05, 3.63) is 38.0 Å². The van der Waals surface area contributed by atoms with Gasteiger partial charge in [-0.15, -0.1) is 19.7 Å². The molecule has 0 unspecified atom stereocenters. The predicted molar refractivity (Wildman–Crippen MR) is 74.4 cm³/mol. The molecular weight excluding hydrogens is 246 g/mol. The first-order chi connectivity index (χ1) is 9.08. The Morgan fingerprint density at radius 1 is 0.947 bits per heavy atom. The molecule has 0 rings (SSSR count). The second kappa shape index (κ2) is 10.0. The average molecular weight is 267 g/mol. The fourth-order valence-electron chi connectivity index (χ4n) is 1.27. The molecule has 6 heteroatoms. The first-order valence-corrected chi connectivity index (χ1v) is 5.88. The van der Waals surface area contributed by atoms with Gasteiger partial charge >= 0.3 is 0 Å². The van der Waals surface area contributed by atoms with Gasteiger partial charge < -0.3 is 15.7 Å². The maximum absolute atomic E-state index is 11.8. The minimum absolute atomic E-state index is 0.221. The van der Waals surface area contributed by atoms with Gasteiger partial charge in [-0.25, -0.2) is 0 Å². The minimum atomic E-state index is -1.50. The molecule has 0 bridgehead atoms. The lowest BCUT2D eigenvalue weighted by Crippen LogP contribution is -2.56. The Morgan fingerprint density at radius 2 is 1.42 bits per heavy atom. The maximum Gasteiger partial charge on any atom is 0.251 e. The molecule has 0 aliphatic carbocycles. The van der Waals surface area contributed by atoms with Crippen molar-refractivity contribution >= 4 is 11.8 Å². The normalized spacial score (nSPS) is 12.9. The molecule has 0 saturated heterocycles. The number of aliphatic hydroxyl groups excluding tert-OH is 1. The van der Waals surface area contributed by atoms with Crippen LogP contribution >= 0.6 is 0 Å². The van der Waals surface area contributed by atoms with Gasteiger partial charge in [0.15, 0.2) is 6.10 Å². The van der Waals surface area contributed by atoms with Crippen LogP contribution in [0.1, 0.15) is 0 Å². The smallest absolute Gasteiger partial charge is 0.251 e. The van der Waals surface area contributed by atoms with E-state index in [0.29, 0.717) is 0 Å². The van der Waals surface area contributed by atoms with Gasteiger partial charge in [-0.1, -0.05) is 18.2 Å². The summed E-state index contributed by atoms with van der Waals surface area (Å²) in [6.07, 6.45) is 3.02. The third-order valence-corrected chi connectivity index (χ3v) is 2.19. The number of amides is 2. The van der Waals surface area contributed by atoms with Gasteiger partial charge in [-0.2, -0.15) is 0 Å². The Hall–Kier alpha value is -1.92. The maximum atomic E-state index is 11.8. The van der Waals surface area contributed by atoms with E-state index < -0.39 is 24.0 Å². The van der Waals surface area contributed by atoms with Crippen molar-refractivity contribution in [2.75, 3.05) is 19.6 Å². The van der Waals surface area contributed by atoms with Crippen molar-refractivity contribution in [3.8, 4) is 0 Å². The zero-order valence-electron chi connectivity index (χ0n) is 10.9. The molecule has 0 spiro atoms. The topological polar surface area (TPSA) is 90.5 Å². The van der Waals surface area contributed by atoms with Crippen molar-refractivity contribution in [2.45, 2.75) is 12.1 Å². The lowest BCUT2D eigenvalue weighted by molar-refractivity contribution is -0.137. The van der Waals surface area contributed by atoms with Gasteiger partial charge in [0, 0.05) is 19.6 Å². The van der Waals surface area contributed by atoms with Crippen LogP contribution in [0.3, 0.4) is 0 Å². The Balaban J connectivity index is 4.65. The van der Waals surface area contributed by atoms with E-state index in [9.17, 15) is 14.7 Å². The van der Waals surface area contributed by atoms with Crippen LogP contribution in [-0.4, -0.2) is 48.7 Å². The summed E-state index contributed by atoms with van der Waals surface area (Å²) >= 11 is 0. The van der Waals surface area contributed by atoms with Crippen molar-refractivity contribution in [2.24, 2.45) is 0 Å². The molecule has 0 aromatic carbocycles. The van der Waals surface area contributed by atoms with E-state index >= 15 is 0 Å². The molecule has 0 aromatic rings. The van der Waals surface area contributed by atoms with Crippen LogP contribution in [0, 0.1) is 0 Å². The van der Waals surface area contributed by atoms with E-state index in [1.165, 1.54) is 18.2 Å². The van der Waals surface area contributed by atoms with Gasteiger partial charge in [0.2, 0.25) is 5.91 Å². The molecule has 6 nitrogen and oxygen atoms in total. The standard InChI is InChI=1S/C13H21N3O3/c1-4-7-14-10(12(18)15-8-5-2)11(17)13(19)16-9-6-3/h4-6,10-11,14,17H,1-3,7-9H2,(H,15,18)(H,16,19)/t10-,11-/m0/s1. The Kier molecular flexibility index (Phi) is 9.03. The predicted octanol–water partition coefficient (Wildman–Crippen LogP) is -0.904. The fraction of sp³-hybridized carbons (Fsp3) is 0.385. The zero-order chi connectivity index (χ0) is 14.7. The second-order valence-corrected chi connectivity index (χ2v) is 3.69. The molecule has 106 valence electrons. The highest BCUT2D eigenvalue weighted by Gasteiger charge is 2.30.